The average Bonchev–Trinajstić information content (AvgIpc) is 2.28. The molecule has 0 radical (unpaired) electrons. The molecule has 0 fully saturated rings. The second-order valence-corrected chi connectivity index (χ2v) is 3.93. The number of nitrogens with two attached hydrogens (primary N) is 1. The lowest BCUT2D eigenvalue weighted by Crippen LogP contribution is -2.01. The molecule has 1 heterocycles. The van der Waals surface area contributed by atoms with Gasteiger partial charge in [-0.25, -0.2) is 4.98 Å². The van der Waals surface area contributed by atoms with Crippen LogP contribution in [-0.4, -0.2) is 9.91 Å². The summed E-state index contributed by atoms with van der Waals surface area (Å²) >= 11 is 5.83. The zero-order valence-corrected chi connectivity index (χ0v) is 9.89. The van der Waals surface area contributed by atoms with E-state index in [0.717, 1.165) is 5.69 Å². The molecular weight excluding hydrogens is 256 g/mol. The van der Waals surface area contributed by atoms with Gasteiger partial charge < -0.3 is 11.1 Å². The summed E-state index contributed by atoms with van der Waals surface area (Å²) in [5.74, 6) is 0.285. The van der Waals surface area contributed by atoms with Crippen LogP contribution in [0.5, 0.6) is 0 Å². The molecule has 7 heteroatoms. The topological polar surface area (TPSA) is 94.1 Å². The van der Waals surface area contributed by atoms with E-state index in [1.54, 1.807) is 24.3 Å². The lowest BCUT2D eigenvalue weighted by molar-refractivity contribution is -0.384. The first-order chi connectivity index (χ1) is 8.56. The Morgan fingerprint density at radius 2 is 2.11 bits per heavy atom. The van der Waals surface area contributed by atoms with Gasteiger partial charge in [0.25, 0.3) is 0 Å². The van der Waals surface area contributed by atoms with E-state index in [0.29, 0.717) is 10.8 Å². The summed E-state index contributed by atoms with van der Waals surface area (Å²) in [5.41, 5.74) is 6.00. The molecule has 6 nitrogen and oxygen atoms in total. The van der Waals surface area contributed by atoms with E-state index in [2.05, 4.69) is 10.3 Å². The Hall–Kier alpha value is -2.34. The molecule has 3 N–H and O–H groups in total. The zero-order valence-electron chi connectivity index (χ0n) is 9.13. The molecular formula is C11H9ClN4O2. The van der Waals surface area contributed by atoms with E-state index in [-0.39, 0.29) is 11.5 Å². The molecule has 0 saturated heterocycles. The van der Waals surface area contributed by atoms with Gasteiger partial charge in [0.05, 0.1) is 4.92 Å². The molecule has 18 heavy (non-hydrogen) atoms. The maximum Gasteiger partial charge on any atom is 0.311 e. The third-order valence-electron chi connectivity index (χ3n) is 2.20. The molecule has 1 aromatic heterocycles. The molecule has 0 aliphatic heterocycles. The van der Waals surface area contributed by atoms with Gasteiger partial charge in [-0.1, -0.05) is 17.7 Å². The Morgan fingerprint density at radius 3 is 2.72 bits per heavy atom. The van der Waals surface area contributed by atoms with Crippen LogP contribution in [0.1, 0.15) is 0 Å². The van der Waals surface area contributed by atoms with Crippen molar-refractivity contribution in [3.05, 3.63) is 51.5 Å². The van der Waals surface area contributed by atoms with Gasteiger partial charge in [-0.3, -0.25) is 10.1 Å². The monoisotopic (exact) mass is 264 g/mol. The maximum absolute atomic E-state index is 10.6. The molecule has 0 bridgehead atoms. The summed E-state index contributed by atoms with van der Waals surface area (Å²) in [6, 6.07) is 9.81. The number of nitro groups is 1. The number of halogens is 1. The van der Waals surface area contributed by atoms with Gasteiger partial charge in [-0.2, -0.15) is 0 Å². The van der Waals surface area contributed by atoms with Crippen molar-refractivity contribution in [1.29, 1.82) is 0 Å². The van der Waals surface area contributed by atoms with Crippen LogP contribution < -0.4 is 11.1 Å². The fourth-order valence-electron chi connectivity index (χ4n) is 1.41. The summed E-state index contributed by atoms with van der Waals surface area (Å²) < 4.78 is 0. The van der Waals surface area contributed by atoms with Crippen LogP contribution in [0.4, 0.5) is 23.0 Å². The number of nitrogens with zero attached hydrogens (tertiary/aromatic N) is 2. The molecule has 2 rings (SSSR count). The van der Waals surface area contributed by atoms with Crippen molar-refractivity contribution >= 4 is 34.6 Å². The van der Waals surface area contributed by atoms with Crippen LogP contribution in [0.25, 0.3) is 0 Å². The lowest BCUT2D eigenvalue weighted by Gasteiger charge is -2.06. The van der Waals surface area contributed by atoms with Gasteiger partial charge in [-0.15, -0.1) is 0 Å². The molecule has 0 saturated carbocycles. The van der Waals surface area contributed by atoms with E-state index in [1.165, 1.54) is 12.1 Å². The third kappa shape index (κ3) is 2.67. The minimum absolute atomic E-state index is 0.132. The number of anilines is 3. The third-order valence-corrected chi connectivity index (χ3v) is 2.43. The fourth-order valence-corrected chi connectivity index (χ4v) is 1.60. The normalized spacial score (nSPS) is 10.1. The van der Waals surface area contributed by atoms with Gasteiger partial charge in [-0.05, 0) is 24.3 Å². The SMILES string of the molecule is Nc1nc(Nc2cccc(Cl)c2)ccc1[N+](=O)[O-]. The molecule has 0 atom stereocenters. The molecule has 0 aliphatic rings. The first-order valence-corrected chi connectivity index (χ1v) is 5.37. The Kier molecular flexibility index (Phi) is 3.29. The van der Waals surface area contributed by atoms with Crippen molar-refractivity contribution in [2.24, 2.45) is 0 Å². The number of pyridine rings is 1. The Balaban J connectivity index is 2.25. The highest BCUT2D eigenvalue weighted by atomic mass is 35.5. The predicted molar refractivity (Wildman–Crippen MR) is 70.0 cm³/mol. The number of nitrogens with one attached hydrogen (secondary N) is 1. The quantitative estimate of drug-likeness (QED) is 0.656. The predicted octanol–water partition coefficient (Wildman–Crippen LogP) is 2.97. The van der Waals surface area contributed by atoms with Crippen molar-refractivity contribution in [3.63, 3.8) is 0 Å². The van der Waals surface area contributed by atoms with Crippen LogP contribution >= 0.6 is 11.6 Å². The number of aromatic nitrogens is 1. The number of nitrogen functional groups attached to an aromatic ring is 1. The van der Waals surface area contributed by atoms with E-state index in [1.807, 2.05) is 0 Å². The number of benzene rings is 1. The van der Waals surface area contributed by atoms with Gasteiger partial charge in [0.2, 0.25) is 5.82 Å². The summed E-state index contributed by atoms with van der Waals surface area (Å²) in [7, 11) is 0. The van der Waals surface area contributed by atoms with Gasteiger partial charge in [0.1, 0.15) is 5.82 Å². The molecule has 2 aromatic rings. The Morgan fingerprint density at radius 1 is 1.33 bits per heavy atom. The Bertz CT molecular complexity index is 603. The van der Waals surface area contributed by atoms with E-state index >= 15 is 0 Å². The molecule has 1 aromatic carbocycles. The number of hydrogen-bond donors (Lipinski definition) is 2. The molecule has 0 spiro atoms. The summed E-state index contributed by atoms with van der Waals surface area (Å²) in [4.78, 5) is 13.9. The lowest BCUT2D eigenvalue weighted by atomic mass is 10.3. The van der Waals surface area contributed by atoms with Crippen molar-refractivity contribution in [2.45, 2.75) is 0 Å². The zero-order chi connectivity index (χ0) is 13.1. The summed E-state index contributed by atoms with van der Waals surface area (Å²) in [5, 5.41) is 14.1. The number of rotatable bonds is 3. The smallest absolute Gasteiger partial charge is 0.311 e. The Labute approximate surface area is 108 Å². The van der Waals surface area contributed by atoms with Crippen LogP contribution in [0.3, 0.4) is 0 Å². The second-order valence-electron chi connectivity index (χ2n) is 3.49. The first-order valence-electron chi connectivity index (χ1n) is 5.00. The first kappa shape index (κ1) is 12.1. The van der Waals surface area contributed by atoms with Gasteiger partial charge in [0.15, 0.2) is 0 Å². The largest absolute Gasteiger partial charge is 0.378 e. The van der Waals surface area contributed by atoms with E-state index in [9.17, 15) is 10.1 Å². The van der Waals surface area contributed by atoms with Crippen LogP contribution in [0.2, 0.25) is 5.02 Å². The molecule has 0 unspecified atom stereocenters. The van der Waals surface area contributed by atoms with Crippen molar-refractivity contribution in [3.8, 4) is 0 Å². The van der Waals surface area contributed by atoms with Crippen LogP contribution in [-0.2, 0) is 0 Å². The van der Waals surface area contributed by atoms with E-state index < -0.39 is 4.92 Å². The highest BCUT2D eigenvalue weighted by molar-refractivity contribution is 6.30. The highest BCUT2D eigenvalue weighted by Gasteiger charge is 2.12. The van der Waals surface area contributed by atoms with Crippen molar-refractivity contribution in [2.75, 3.05) is 11.1 Å². The highest BCUT2D eigenvalue weighted by Crippen LogP contribution is 2.24. The van der Waals surface area contributed by atoms with E-state index in [4.69, 9.17) is 17.3 Å². The van der Waals surface area contributed by atoms with Crippen LogP contribution in [0.15, 0.2) is 36.4 Å². The second kappa shape index (κ2) is 4.89. The minimum Gasteiger partial charge on any atom is -0.378 e. The average molecular weight is 265 g/mol. The molecule has 0 aliphatic carbocycles. The van der Waals surface area contributed by atoms with Gasteiger partial charge >= 0.3 is 5.69 Å². The standard InChI is InChI=1S/C11H9ClN4O2/c12-7-2-1-3-8(6-7)14-10-5-4-9(16(17)18)11(13)15-10/h1-6H,(H3,13,14,15). The maximum atomic E-state index is 10.6. The fraction of sp³-hybridized carbons (Fsp3) is 0. The van der Waals surface area contributed by atoms with Crippen molar-refractivity contribution in [1.82, 2.24) is 4.98 Å². The van der Waals surface area contributed by atoms with Gasteiger partial charge in [0, 0.05) is 16.8 Å². The summed E-state index contributed by atoms with van der Waals surface area (Å²) in [6.07, 6.45) is 0. The van der Waals surface area contributed by atoms with Crippen LogP contribution in [0, 0.1) is 10.1 Å². The number of hydrogen-bond acceptors (Lipinski definition) is 5. The van der Waals surface area contributed by atoms with Crippen molar-refractivity contribution < 1.29 is 4.92 Å². The minimum atomic E-state index is -0.578. The summed E-state index contributed by atoms with van der Waals surface area (Å²) in [6.45, 7) is 0. The molecule has 92 valence electrons. The molecule has 0 amide bonds.